The summed E-state index contributed by atoms with van der Waals surface area (Å²) in [7, 11) is 0. The summed E-state index contributed by atoms with van der Waals surface area (Å²) in [4.78, 5) is 1.09. The molecule has 76 valence electrons. The number of hydrogen-bond donors (Lipinski definition) is 1. The van der Waals surface area contributed by atoms with E-state index in [0.29, 0.717) is 0 Å². The van der Waals surface area contributed by atoms with E-state index in [1.54, 1.807) is 11.8 Å². The fourth-order valence-electron chi connectivity index (χ4n) is 1.10. The Morgan fingerprint density at radius 3 is 2.86 bits per heavy atom. The fourth-order valence-corrected chi connectivity index (χ4v) is 2.13. The fraction of sp³-hybridized carbons (Fsp3) is 0.273. The lowest BCUT2D eigenvalue weighted by atomic mass is 10.3. The van der Waals surface area contributed by atoms with Gasteiger partial charge in [-0.25, -0.2) is 0 Å². The highest BCUT2D eigenvalue weighted by molar-refractivity contribution is 7.98. The van der Waals surface area contributed by atoms with E-state index in [0.717, 1.165) is 27.7 Å². The highest BCUT2D eigenvalue weighted by Crippen LogP contribution is 2.32. The van der Waals surface area contributed by atoms with Crippen molar-refractivity contribution in [1.29, 1.82) is 0 Å². The van der Waals surface area contributed by atoms with Gasteiger partial charge in [0.05, 0.1) is 5.02 Å². The molecule has 14 heavy (non-hydrogen) atoms. The maximum atomic E-state index is 6.06. The van der Waals surface area contributed by atoms with Crippen molar-refractivity contribution in [1.82, 2.24) is 0 Å². The molecular formula is C11H14ClNS. The normalized spacial score (nSPS) is 9.93. The summed E-state index contributed by atoms with van der Waals surface area (Å²) in [6.07, 6.45) is 2.02. The first-order valence-electron chi connectivity index (χ1n) is 4.36. The summed E-state index contributed by atoms with van der Waals surface area (Å²) in [5.41, 5.74) is 2.19. The molecule has 1 aromatic carbocycles. The van der Waals surface area contributed by atoms with E-state index in [1.807, 2.05) is 31.4 Å². The van der Waals surface area contributed by atoms with Gasteiger partial charge in [0.1, 0.15) is 0 Å². The Kier molecular flexibility index (Phi) is 4.36. The summed E-state index contributed by atoms with van der Waals surface area (Å²) in [6, 6.07) is 5.88. The van der Waals surface area contributed by atoms with E-state index in [-0.39, 0.29) is 0 Å². The summed E-state index contributed by atoms with van der Waals surface area (Å²) >= 11 is 7.71. The minimum Gasteiger partial charge on any atom is -0.380 e. The summed E-state index contributed by atoms with van der Waals surface area (Å²) < 4.78 is 0. The van der Waals surface area contributed by atoms with Crippen molar-refractivity contribution in [2.45, 2.75) is 11.8 Å². The highest BCUT2D eigenvalue weighted by atomic mass is 35.5. The second-order valence-corrected chi connectivity index (χ2v) is 4.36. The maximum absolute atomic E-state index is 6.06. The number of benzene rings is 1. The van der Waals surface area contributed by atoms with Crippen LogP contribution in [0.1, 0.15) is 6.92 Å². The molecule has 0 spiro atoms. The van der Waals surface area contributed by atoms with Crippen LogP contribution >= 0.6 is 23.4 Å². The lowest BCUT2D eigenvalue weighted by Crippen LogP contribution is -2.02. The lowest BCUT2D eigenvalue weighted by molar-refractivity contribution is 1.19. The maximum Gasteiger partial charge on any atom is 0.0562 e. The average Bonchev–Trinajstić information content (AvgIpc) is 2.14. The Hall–Kier alpha value is -0.600. The van der Waals surface area contributed by atoms with Gasteiger partial charge in [0, 0.05) is 17.1 Å². The molecule has 0 saturated heterocycles. The predicted octanol–water partition coefficient (Wildman–Crippen LogP) is 4.05. The molecule has 0 saturated carbocycles. The van der Waals surface area contributed by atoms with Gasteiger partial charge in [-0.1, -0.05) is 29.8 Å². The van der Waals surface area contributed by atoms with Gasteiger partial charge in [0.2, 0.25) is 0 Å². The van der Waals surface area contributed by atoms with Gasteiger partial charge in [-0.05, 0) is 25.3 Å². The molecule has 1 nitrogen and oxygen atoms in total. The molecule has 0 aliphatic heterocycles. The predicted molar refractivity (Wildman–Crippen MR) is 66.5 cm³/mol. The van der Waals surface area contributed by atoms with E-state index in [9.17, 15) is 0 Å². The van der Waals surface area contributed by atoms with Crippen LogP contribution in [0.25, 0.3) is 0 Å². The zero-order valence-electron chi connectivity index (χ0n) is 8.43. The molecule has 1 aromatic rings. The molecular weight excluding hydrogens is 214 g/mol. The highest BCUT2D eigenvalue weighted by Gasteiger charge is 2.04. The topological polar surface area (TPSA) is 12.0 Å². The standard InChI is InChI=1S/C11H14ClNS/c1-8(2)7-13-10-6-4-5-9(12)11(10)14-3/h4-6,13H,1,7H2,2-3H3. The Morgan fingerprint density at radius 2 is 2.29 bits per heavy atom. The second-order valence-electron chi connectivity index (χ2n) is 3.13. The van der Waals surface area contributed by atoms with Crippen LogP contribution in [0.3, 0.4) is 0 Å². The van der Waals surface area contributed by atoms with Crippen LogP contribution in [-0.4, -0.2) is 12.8 Å². The quantitative estimate of drug-likeness (QED) is 0.615. The monoisotopic (exact) mass is 227 g/mol. The molecule has 1 N–H and O–H groups in total. The first-order chi connectivity index (χ1) is 6.65. The van der Waals surface area contributed by atoms with Gasteiger partial charge in [0.15, 0.2) is 0 Å². The van der Waals surface area contributed by atoms with Crippen molar-refractivity contribution in [2.24, 2.45) is 0 Å². The SMILES string of the molecule is C=C(C)CNc1cccc(Cl)c1SC. The van der Waals surface area contributed by atoms with Crippen molar-refractivity contribution >= 4 is 29.1 Å². The third-order valence-corrected chi connectivity index (χ3v) is 3.03. The summed E-state index contributed by atoms with van der Waals surface area (Å²) in [6.45, 7) is 6.63. The van der Waals surface area contributed by atoms with Crippen LogP contribution in [0.2, 0.25) is 5.02 Å². The summed E-state index contributed by atoms with van der Waals surface area (Å²) in [5, 5.41) is 4.10. The molecule has 0 radical (unpaired) electrons. The van der Waals surface area contributed by atoms with Gasteiger partial charge in [0.25, 0.3) is 0 Å². The first kappa shape index (κ1) is 11.5. The number of rotatable bonds is 4. The second kappa shape index (κ2) is 5.32. The molecule has 0 aromatic heterocycles. The van der Waals surface area contributed by atoms with Crippen LogP contribution in [0.5, 0.6) is 0 Å². The third-order valence-electron chi connectivity index (χ3n) is 1.75. The molecule has 0 amide bonds. The zero-order chi connectivity index (χ0) is 10.6. The molecule has 0 aliphatic carbocycles. The van der Waals surface area contributed by atoms with E-state index in [4.69, 9.17) is 11.6 Å². The van der Waals surface area contributed by atoms with Gasteiger partial charge < -0.3 is 5.32 Å². The van der Waals surface area contributed by atoms with E-state index in [2.05, 4.69) is 11.9 Å². The van der Waals surface area contributed by atoms with Crippen molar-refractivity contribution in [3.05, 3.63) is 35.4 Å². The van der Waals surface area contributed by atoms with E-state index < -0.39 is 0 Å². The van der Waals surface area contributed by atoms with E-state index >= 15 is 0 Å². The molecule has 0 aliphatic rings. The number of halogens is 1. The average molecular weight is 228 g/mol. The van der Waals surface area contributed by atoms with Crippen LogP contribution in [0, 0.1) is 0 Å². The van der Waals surface area contributed by atoms with Gasteiger partial charge >= 0.3 is 0 Å². The van der Waals surface area contributed by atoms with Crippen LogP contribution < -0.4 is 5.32 Å². The number of thioether (sulfide) groups is 1. The van der Waals surface area contributed by atoms with Crippen LogP contribution in [0.15, 0.2) is 35.2 Å². The molecule has 0 heterocycles. The minimum atomic E-state index is 0.786. The molecule has 3 heteroatoms. The van der Waals surface area contributed by atoms with Crippen LogP contribution in [-0.2, 0) is 0 Å². The van der Waals surface area contributed by atoms with Crippen molar-refractivity contribution < 1.29 is 0 Å². The number of nitrogens with one attached hydrogen (secondary N) is 1. The van der Waals surface area contributed by atoms with Gasteiger partial charge in [-0.3, -0.25) is 0 Å². The minimum absolute atomic E-state index is 0.786. The largest absolute Gasteiger partial charge is 0.380 e. The number of anilines is 1. The smallest absolute Gasteiger partial charge is 0.0562 e. The molecule has 0 unspecified atom stereocenters. The Morgan fingerprint density at radius 1 is 1.57 bits per heavy atom. The van der Waals surface area contributed by atoms with Crippen molar-refractivity contribution in [3.8, 4) is 0 Å². The van der Waals surface area contributed by atoms with Gasteiger partial charge in [-0.2, -0.15) is 0 Å². The van der Waals surface area contributed by atoms with Crippen molar-refractivity contribution in [3.63, 3.8) is 0 Å². The van der Waals surface area contributed by atoms with E-state index in [1.165, 1.54) is 0 Å². The van der Waals surface area contributed by atoms with Gasteiger partial charge in [-0.15, -0.1) is 11.8 Å². The first-order valence-corrected chi connectivity index (χ1v) is 5.96. The molecule has 0 fully saturated rings. The summed E-state index contributed by atoms with van der Waals surface area (Å²) in [5.74, 6) is 0. The Balaban J connectivity index is 2.85. The zero-order valence-corrected chi connectivity index (χ0v) is 10.0. The molecule has 0 atom stereocenters. The number of hydrogen-bond acceptors (Lipinski definition) is 2. The lowest BCUT2D eigenvalue weighted by Gasteiger charge is -2.11. The Bertz CT molecular complexity index is 336. The third kappa shape index (κ3) is 2.96. The molecule has 0 bridgehead atoms. The molecule has 1 rings (SSSR count). The Labute approximate surface area is 94.5 Å². The van der Waals surface area contributed by atoms with Crippen molar-refractivity contribution in [2.75, 3.05) is 18.1 Å². The van der Waals surface area contributed by atoms with Crippen LogP contribution in [0.4, 0.5) is 5.69 Å².